The third-order valence-corrected chi connectivity index (χ3v) is 5.36. The van der Waals surface area contributed by atoms with Crippen LogP contribution in [0.2, 0.25) is 0 Å². The minimum Gasteiger partial charge on any atom is -0.293 e. The Morgan fingerprint density at radius 1 is 1.35 bits per heavy atom. The number of rotatable bonds is 2. The van der Waals surface area contributed by atoms with E-state index in [2.05, 4.69) is 18.4 Å². The lowest BCUT2D eigenvalue weighted by Crippen LogP contribution is -2.16. The summed E-state index contributed by atoms with van der Waals surface area (Å²) in [5, 5.41) is 2.12. The minimum absolute atomic E-state index is 0.114. The molecule has 0 aromatic carbocycles. The standard InChI is InChI=1S/C14H14OS2/c1-9-5-6-13(17-9)14(15)11-3-2-4-12-10(11)7-8-16-12/h5-8,11H,2-4H2,1H3. The van der Waals surface area contributed by atoms with Crippen molar-refractivity contribution in [2.45, 2.75) is 32.1 Å². The van der Waals surface area contributed by atoms with Crippen LogP contribution in [0, 0.1) is 6.92 Å². The first-order valence-electron chi connectivity index (χ1n) is 5.92. The second kappa shape index (κ2) is 4.39. The molecule has 2 aromatic rings. The average molecular weight is 262 g/mol. The molecule has 3 rings (SSSR count). The summed E-state index contributed by atoms with van der Waals surface area (Å²) in [5.41, 5.74) is 1.29. The molecule has 0 spiro atoms. The summed E-state index contributed by atoms with van der Waals surface area (Å²) in [7, 11) is 0. The maximum atomic E-state index is 12.5. The van der Waals surface area contributed by atoms with Crippen LogP contribution in [0.4, 0.5) is 0 Å². The molecule has 0 saturated heterocycles. The second-order valence-corrected chi connectivity index (χ2v) is 6.81. The maximum absolute atomic E-state index is 12.5. The Morgan fingerprint density at radius 3 is 3.00 bits per heavy atom. The van der Waals surface area contributed by atoms with Crippen LogP contribution in [0.5, 0.6) is 0 Å². The van der Waals surface area contributed by atoms with Crippen LogP contribution >= 0.6 is 22.7 Å². The van der Waals surface area contributed by atoms with E-state index in [0.717, 1.165) is 24.1 Å². The lowest BCUT2D eigenvalue weighted by Gasteiger charge is -2.20. The van der Waals surface area contributed by atoms with Gasteiger partial charge in [-0.1, -0.05) is 0 Å². The van der Waals surface area contributed by atoms with E-state index < -0.39 is 0 Å². The molecule has 0 aliphatic heterocycles. The van der Waals surface area contributed by atoms with E-state index in [-0.39, 0.29) is 5.92 Å². The minimum atomic E-state index is 0.114. The van der Waals surface area contributed by atoms with Crippen molar-refractivity contribution in [2.24, 2.45) is 0 Å². The predicted molar refractivity (Wildman–Crippen MR) is 73.4 cm³/mol. The molecule has 1 nitrogen and oxygen atoms in total. The summed E-state index contributed by atoms with van der Waals surface area (Å²) in [4.78, 5) is 16.0. The monoisotopic (exact) mass is 262 g/mol. The van der Waals surface area contributed by atoms with E-state index in [1.807, 2.05) is 12.1 Å². The number of hydrogen-bond donors (Lipinski definition) is 0. The fraction of sp³-hybridized carbons (Fsp3) is 0.357. The first kappa shape index (κ1) is 11.2. The highest BCUT2D eigenvalue weighted by Crippen LogP contribution is 2.37. The van der Waals surface area contributed by atoms with Crippen molar-refractivity contribution in [3.05, 3.63) is 43.8 Å². The van der Waals surface area contributed by atoms with Crippen molar-refractivity contribution in [1.82, 2.24) is 0 Å². The zero-order valence-electron chi connectivity index (χ0n) is 9.73. The van der Waals surface area contributed by atoms with Gasteiger partial charge in [-0.3, -0.25) is 4.79 Å². The number of ketones is 1. The fourth-order valence-corrected chi connectivity index (χ4v) is 4.35. The van der Waals surface area contributed by atoms with Gasteiger partial charge >= 0.3 is 0 Å². The van der Waals surface area contributed by atoms with E-state index in [9.17, 15) is 4.79 Å². The fourth-order valence-electron chi connectivity index (χ4n) is 2.50. The van der Waals surface area contributed by atoms with Crippen LogP contribution in [-0.2, 0) is 6.42 Å². The topological polar surface area (TPSA) is 17.1 Å². The Bertz CT molecular complexity index is 550. The summed E-state index contributed by atoms with van der Waals surface area (Å²) < 4.78 is 0. The number of Topliss-reactive ketones (excluding diaryl/α,β-unsaturated/α-hetero) is 1. The molecular formula is C14H14OS2. The molecule has 0 saturated carbocycles. The van der Waals surface area contributed by atoms with Gasteiger partial charge in [0.25, 0.3) is 0 Å². The molecule has 1 atom stereocenters. The van der Waals surface area contributed by atoms with Gasteiger partial charge in [0.1, 0.15) is 0 Å². The maximum Gasteiger partial charge on any atom is 0.180 e. The summed E-state index contributed by atoms with van der Waals surface area (Å²) in [6, 6.07) is 6.15. The van der Waals surface area contributed by atoms with Gasteiger partial charge in [-0.05, 0) is 55.3 Å². The molecule has 1 aliphatic carbocycles. The molecular weight excluding hydrogens is 248 g/mol. The van der Waals surface area contributed by atoms with Crippen molar-refractivity contribution in [1.29, 1.82) is 0 Å². The molecule has 3 heteroatoms. The summed E-state index contributed by atoms with van der Waals surface area (Å²) in [6.45, 7) is 2.05. The van der Waals surface area contributed by atoms with Crippen molar-refractivity contribution in [3.63, 3.8) is 0 Å². The molecule has 1 aliphatic rings. The van der Waals surface area contributed by atoms with Gasteiger partial charge in [-0.2, -0.15) is 0 Å². The molecule has 2 aromatic heterocycles. The smallest absolute Gasteiger partial charge is 0.180 e. The summed E-state index contributed by atoms with van der Waals surface area (Å²) in [6.07, 6.45) is 3.31. The Labute approximate surface area is 109 Å². The molecule has 1 unspecified atom stereocenters. The van der Waals surface area contributed by atoms with Crippen molar-refractivity contribution in [2.75, 3.05) is 0 Å². The Morgan fingerprint density at radius 2 is 2.24 bits per heavy atom. The van der Waals surface area contributed by atoms with Crippen LogP contribution < -0.4 is 0 Å². The Kier molecular flexibility index (Phi) is 2.89. The quantitative estimate of drug-likeness (QED) is 0.732. The van der Waals surface area contributed by atoms with E-state index in [4.69, 9.17) is 0 Å². The number of thiophene rings is 2. The van der Waals surface area contributed by atoms with E-state index in [1.54, 1.807) is 22.7 Å². The molecule has 0 N–H and O–H groups in total. The van der Waals surface area contributed by atoms with Gasteiger partial charge in [0.05, 0.1) is 4.88 Å². The molecule has 2 heterocycles. The van der Waals surface area contributed by atoms with Gasteiger partial charge < -0.3 is 0 Å². The largest absolute Gasteiger partial charge is 0.293 e. The molecule has 88 valence electrons. The van der Waals surface area contributed by atoms with Crippen LogP contribution in [0.25, 0.3) is 0 Å². The predicted octanol–water partition coefficient (Wildman–Crippen LogP) is 4.42. The molecule has 0 radical (unpaired) electrons. The lowest BCUT2D eigenvalue weighted by molar-refractivity contribution is 0.0955. The second-order valence-electron chi connectivity index (χ2n) is 4.52. The number of carbonyl (C=O) groups is 1. The highest BCUT2D eigenvalue weighted by Gasteiger charge is 2.28. The Balaban J connectivity index is 1.94. The first-order chi connectivity index (χ1) is 8.25. The summed E-state index contributed by atoms with van der Waals surface area (Å²) in [5.74, 6) is 0.436. The number of aryl methyl sites for hydroxylation is 2. The van der Waals surface area contributed by atoms with Crippen LogP contribution in [0.1, 0.15) is 43.7 Å². The summed E-state index contributed by atoms with van der Waals surface area (Å²) >= 11 is 3.42. The average Bonchev–Trinajstić information content (AvgIpc) is 2.95. The zero-order valence-corrected chi connectivity index (χ0v) is 11.4. The van der Waals surface area contributed by atoms with Crippen LogP contribution in [0.3, 0.4) is 0 Å². The van der Waals surface area contributed by atoms with Gasteiger partial charge in [0.2, 0.25) is 0 Å². The highest BCUT2D eigenvalue weighted by atomic mass is 32.1. The van der Waals surface area contributed by atoms with Gasteiger partial charge in [0, 0.05) is 15.7 Å². The third-order valence-electron chi connectivity index (χ3n) is 3.35. The zero-order chi connectivity index (χ0) is 11.8. The molecule has 17 heavy (non-hydrogen) atoms. The Hall–Kier alpha value is -0.930. The van der Waals surface area contributed by atoms with Crippen molar-refractivity contribution < 1.29 is 4.79 Å². The molecule has 0 amide bonds. The molecule has 0 fully saturated rings. The number of hydrogen-bond acceptors (Lipinski definition) is 3. The van der Waals surface area contributed by atoms with Gasteiger partial charge in [-0.25, -0.2) is 0 Å². The molecule has 0 bridgehead atoms. The first-order valence-corrected chi connectivity index (χ1v) is 7.62. The van der Waals surface area contributed by atoms with E-state index >= 15 is 0 Å². The SMILES string of the molecule is Cc1ccc(C(=O)C2CCCc3sccc32)s1. The van der Waals surface area contributed by atoms with Crippen molar-refractivity contribution >= 4 is 28.5 Å². The van der Waals surface area contributed by atoms with Crippen LogP contribution in [-0.4, -0.2) is 5.78 Å². The van der Waals surface area contributed by atoms with Crippen LogP contribution in [0.15, 0.2) is 23.6 Å². The number of fused-ring (bicyclic) bond motifs is 1. The lowest BCUT2D eigenvalue weighted by atomic mass is 9.84. The van der Waals surface area contributed by atoms with Gasteiger partial charge in [-0.15, -0.1) is 22.7 Å². The normalized spacial score (nSPS) is 19.0. The highest BCUT2D eigenvalue weighted by molar-refractivity contribution is 7.14. The third kappa shape index (κ3) is 1.98. The van der Waals surface area contributed by atoms with E-state index in [1.165, 1.54) is 15.3 Å². The number of carbonyl (C=O) groups excluding carboxylic acids is 1. The van der Waals surface area contributed by atoms with E-state index in [0.29, 0.717) is 5.78 Å². The van der Waals surface area contributed by atoms with Gasteiger partial charge in [0.15, 0.2) is 5.78 Å². The van der Waals surface area contributed by atoms with Crippen molar-refractivity contribution in [3.8, 4) is 0 Å².